The lowest BCUT2D eigenvalue weighted by Gasteiger charge is -2.09. The summed E-state index contributed by atoms with van der Waals surface area (Å²) in [6.07, 6.45) is 0. The molecule has 0 amide bonds. The van der Waals surface area contributed by atoms with E-state index in [1.54, 1.807) is 23.6 Å². The highest BCUT2D eigenvalue weighted by Crippen LogP contribution is 2.20. The molecule has 0 aliphatic carbocycles. The maximum atomic E-state index is 12.6. The molecule has 0 atom stereocenters. The van der Waals surface area contributed by atoms with Gasteiger partial charge in [0.2, 0.25) is 5.78 Å². The summed E-state index contributed by atoms with van der Waals surface area (Å²) < 4.78 is 8.44. The van der Waals surface area contributed by atoms with E-state index < -0.39 is 5.97 Å². The van der Waals surface area contributed by atoms with E-state index in [-0.39, 0.29) is 23.5 Å². The Kier molecular flexibility index (Phi) is 4.11. The molecule has 0 saturated heterocycles. The van der Waals surface area contributed by atoms with Crippen LogP contribution in [0, 0.1) is 13.8 Å². The van der Waals surface area contributed by atoms with Crippen molar-refractivity contribution in [2.45, 2.75) is 20.5 Å². The van der Waals surface area contributed by atoms with Crippen molar-refractivity contribution in [3.63, 3.8) is 0 Å². The standard InChI is InChI=1S/C20H18N4O4/c1-11-5-7-15-14(8-11)18(26)23(3)20-22-21-17(24(15)20)10-28-19(27)13-6-4-12(2)9-16(13)25/h4-9,25H,10H2,1-3H3. The number of aryl methyl sites for hydroxylation is 3. The molecule has 4 rings (SSSR count). The third-order valence-electron chi connectivity index (χ3n) is 4.65. The number of hydrogen-bond acceptors (Lipinski definition) is 6. The average Bonchev–Trinajstić information content (AvgIpc) is 3.08. The smallest absolute Gasteiger partial charge is 0.342 e. The van der Waals surface area contributed by atoms with E-state index in [0.29, 0.717) is 22.5 Å². The first-order valence-electron chi connectivity index (χ1n) is 8.67. The molecule has 8 nitrogen and oxygen atoms in total. The zero-order valence-electron chi connectivity index (χ0n) is 15.6. The van der Waals surface area contributed by atoms with Crippen molar-refractivity contribution in [3.05, 3.63) is 69.3 Å². The third kappa shape index (κ3) is 2.79. The molecular weight excluding hydrogens is 360 g/mol. The van der Waals surface area contributed by atoms with Gasteiger partial charge in [0, 0.05) is 7.05 Å². The Morgan fingerprint density at radius 2 is 1.82 bits per heavy atom. The van der Waals surface area contributed by atoms with Crippen molar-refractivity contribution in [2.75, 3.05) is 0 Å². The van der Waals surface area contributed by atoms with E-state index in [1.807, 2.05) is 26.0 Å². The number of hydrogen-bond donors (Lipinski definition) is 1. The van der Waals surface area contributed by atoms with Gasteiger partial charge in [0.15, 0.2) is 12.4 Å². The molecule has 0 bridgehead atoms. The van der Waals surface area contributed by atoms with Gasteiger partial charge in [0.05, 0.1) is 10.9 Å². The van der Waals surface area contributed by atoms with Crippen LogP contribution in [-0.4, -0.2) is 30.2 Å². The summed E-state index contributed by atoms with van der Waals surface area (Å²) in [4.78, 5) is 24.9. The Hall–Kier alpha value is -3.68. The van der Waals surface area contributed by atoms with Gasteiger partial charge in [-0.05, 0) is 43.7 Å². The van der Waals surface area contributed by atoms with Crippen molar-refractivity contribution in [1.82, 2.24) is 19.2 Å². The zero-order valence-corrected chi connectivity index (χ0v) is 15.6. The second-order valence-electron chi connectivity index (χ2n) is 6.73. The van der Waals surface area contributed by atoms with Gasteiger partial charge in [0.25, 0.3) is 5.56 Å². The number of nitrogens with zero attached hydrogens (tertiary/aromatic N) is 4. The van der Waals surface area contributed by atoms with Gasteiger partial charge >= 0.3 is 5.97 Å². The molecule has 0 saturated carbocycles. The second-order valence-corrected chi connectivity index (χ2v) is 6.73. The van der Waals surface area contributed by atoms with E-state index in [0.717, 1.165) is 11.1 Å². The molecule has 0 unspecified atom stereocenters. The number of phenols is 1. The van der Waals surface area contributed by atoms with E-state index >= 15 is 0 Å². The molecule has 4 aromatic rings. The number of rotatable bonds is 3. The Morgan fingerprint density at radius 3 is 2.57 bits per heavy atom. The summed E-state index contributed by atoms with van der Waals surface area (Å²) >= 11 is 0. The van der Waals surface area contributed by atoms with E-state index in [9.17, 15) is 14.7 Å². The van der Waals surface area contributed by atoms with Crippen LogP contribution in [0.4, 0.5) is 0 Å². The van der Waals surface area contributed by atoms with E-state index in [1.165, 1.54) is 16.7 Å². The number of fused-ring (bicyclic) bond motifs is 3. The minimum atomic E-state index is -0.667. The van der Waals surface area contributed by atoms with Gasteiger partial charge in [0.1, 0.15) is 11.3 Å². The van der Waals surface area contributed by atoms with Crippen LogP contribution in [0.15, 0.2) is 41.2 Å². The molecular formula is C20H18N4O4. The lowest BCUT2D eigenvalue weighted by atomic mass is 10.1. The highest BCUT2D eigenvalue weighted by molar-refractivity contribution is 5.92. The molecule has 0 spiro atoms. The van der Waals surface area contributed by atoms with Crippen LogP contribution >= 0.6 is 0 Å². The Morgan fingerprint density at radius 1 is 1.11 bits per heavy atom. The van der Waals surface area contributed by atoms with Crippen LogP contribution in [0.2, 0.25) is 0 Å². The maximum Gasteiger partial charge on any atom is 0.342 e. The summed E-state index contributed by atoms with van der Waals surface area (Å²) in [6, 6.07) is 10.2. The Bertz CT molecular complexity index is 1300. The fourth-order valence-corrected chi connectivity index (χ4v) is 3.17. The first kappa shape index (κ1) is 17.7. The maximum absolute atomic E-state index is 12.6. The molecule has 8 heteroatoms. The fourth-order valence-electron chi connectivity index (χ4n) is 3.17. The molecule has 0 fully saturated rings. The van der Waals surface area contributed by atoms with Gasteiger partial charge in [-0.15, -0.1) is 10.2 Å². The largest absolute Gasteiger partial charge is 0.507 e. The molecule has 0 radical (unpaired) electrons. The van der Waals surface area contributed by atoms with Crippen LogP contribution in [0.1, 0.15) is 27.3 Å². The summed E-state index contributed by atoms with van der Waals surface area (Å²) in [5.41, 5.74) is 2.33. The minimum Gasteiger partial charge on any atom is -0.507 e. The number of aromatic nitrogens is 4. The molecule has 2 aromatic carbocycles. The van der Waals surface area contributed by atoms with Crippen molar-refractivity contribution in [2.24, 2.45) is 7.05 Å². The Balaban J connectivity index is 1.75. The summed E-state index contributed by atoms with van der Waals surface area (Å²) in [6.45, 7) is 3.56. The molecule has 1 N–H and O–H groups in total. The Labute approximate surface area is 159 Å². The molecule has 2 heterocycles. The first-order chi connectivity index (χ1) is 13.4. The fraction of sp³-hybridized carbons (Fsp3) is 0.200. The molecule has 142 valence electrons. The number of esters is 1. The van der Waals surface area contributed by atoms with Gasteiger partial charge in [-0.25, -0.2) is 4.79 Å². The third-order valence-corrected chi connectivity index (χ3v) is 4.65. The minimum absolute atomic E-state index is 0.0762. The van der Waals surface area contributed by atoms with Crippen LogP contribution in [0.25, 0.3) is 16.7 Å². The first-order valence-corrected chi connectivity index (χ1v) is 8.67. The predicted molar refractivity (Wildman–Crippen MR) is 102 cm³/mol. The molecule has 0 aliphatic rings. The monoisotopic (exact) mass is 378 g/mol. The number of carbonyl (C=O) groups is 1. The van der Waals surface area contributed by atoms with Gasteiger partial charge in [-0.2, -0.15) is 0 Å². The number of aromatic hydroxyl groups is 1. The molecule has 0 aliphatic heterocycles. The number of ether oxygens (including phenoxy) is 1. The number of carbonyl (C=O) groups excluding carboxylic acids is 1. The van der Waals surface area contributed by atoms with Gasteiger partial charge in [-0.3, -0.25) is 13.8 Å². The van der Waals surface area contributed by atoms with Crippen LogP contribution in [0.3, 0.4) is 0 Å². The van der Waals surface area contributed by atoms with Crippen LogP contribution in [-0.2, 0) is 18.4 Å². The SMILES string of the molecule is Cc1ccc(C(=O)OCc2nnc3n(C)c(=O)c4cc(C)ccc4n23)c(O)c1. The van der Waals surface area contributed by atoms with Crippen molar-refractivity contribution in [1.29, 1.82) is 0 Å². The predicted octanol–water partition coefficient (Wildman–Crippen LogP) is 2.26. The normalized spacial score (nSPS) is 11.2. The molecule has 2 aromatic heterocycles. The molecule has 28 heavy (non-hydrogen) atoms. The van der Waals surface area contributed by atoms with E-state index in [4.69, 9.17) is 4.74 Å². The van der Waals surface area contributed by atoms with Gasteiger partial charge in [-0.1, -0.05) is 17.7 Å². The number of benzene rings is 2. The van der Waals surface area contributed by atoms with Crippen LogP contribution in [0.5, 0.6) is 5.75 Å². The second kappa shape index (κ2) is 6.49. The average molecular weight is 378 g/mol. The van der Waals surface area contributed by atoms with Crippen molar-refractivity contribution in [3.8, 4) is 5.75 Å². The van der Waals surface area contributed by atoms with Gasteiger partial charge < -0.3 is 9.84 Å². The lowest BCUT2D eigenvalue weighted by molar-refractivity contribution is 0.0458. The zero-order chi connectivity index (χ0) is 20.0. The highest BCUT2D eigenvalue weighted by Gasteiger charge is 2.18. The summed E-state index contributed by atoms with van der Waals surface area (Å²) in [5.74, 6) is -0.0800. The summed E-state index contributed by atoms with van der Waals surface area (Å²) in [7, 11) is 1.62. The quantitative estimate of drug-likeness (QED) is 0.549. The van der Waals surface area contributed by atoms with E-state index in [2.05, 4.69) is 10.2 Å². The highest BCUT2D eigenvalue weighted by atomic mass is 16.5. The summed E-state index contributed by atoms with van der Waals surface area (Å²) in [5, 5.41) is 18.6. The van der Waals surface area contributed by atoms with Crippen LogP contribution < -0.4 is 5.56 Å². The lowest BCUT2D eigenvalue weighted by Crippen LogP contribution is -2.20. The number of phenolic OH excluding ortho intramolecular Hbond substituents is 1. The van der Waals surface area contributed by atoms with Crippen molar-refractivity contribution < 1.29 is 14.6 Å². The van der Waals surface area contributed by atoms with Crippen molar-refractivity contribution >= 4 is 22.6 Å². The topological polar surface area (TPSA) is 98.7 Å².